The molecule has 0 spiro atoms. The van der Waals surface area contributed by atoms with Gasteiger partial charge in [-0.05, 0) is 55.0 Å². The molecule has 180 valence electrons. The molecule has 35 heavy (non-hydrogen) atoms. The number of anilines is 1. The molecule has 3 rings (SSSR count). The minimum Gasteiger partial charge on any atom is -0.453 e. The van der Waals surface area contributed by atoms with Crippen LogP contribution in [0.1, 0.15) is 27.0 Å². The van der Waals surface area contributed by atoms with Crippen molar-refractivity contribution < 1.29 is 18.7 Å². The summed E-state index contributed by atoms with van der Waals surface area (Å²) in [4.78, 5) is 24.7. The summed E-state index contributed by atoms with van der Waals surface area (Å²) in [7, 11) is 0. The molecule has 0 aliphatic rings. The van der Waals surface area contributed by atoms with E-state index in [9.17, 15) is 9.59 Å². The van der Waals surface area contributed by atoms with Crippen molar-refractivity contribution in [3.8, 4) is 17.6 Å². The predicted octanol–water partition coefficient (Wildman–Crippen LogP) is 4.97. The van der Waals surface area contributed by atoms with Crippen LogP contribution in [0.3, 0.4) is 0 Å². The molecule has 0 radical (unpaired) electrons. The maximum atomic E-state index is 15.2. The van der Waals surface area contributed by atoms with Crippen LogP contribution >= 0.6 is 23.2 Å². The van der Waals surface area contributed by atoms with Gasteiger partial charge in [-0.2, -0.15) is 5.26 Å². The van der Waals surface area contributed by atoms with E-state index in [-0.39, 0.29) is 45.0 Å². The zero-order chi connectivity index (χ0) is 25.5. The van der Waals surface area contributed by atoms with Crippen molar-refractivity contribution in [3.05, 3.63) is 86.6 Å². The summed E-state index contributed by atoms with van der Waals surface area (Å²) < 4.78 is 20.7. The van der Waals surface area contributed by atoms with Crippen molar-refractivity contribution in [1.29, 1.82) is 5.26 Å². The van der Waals surface area contributed by atoms with E-state index in [1.165, 1.54) is 30.3 Å². The van der Waals surface area contributed by atoms with Gasteiger partial charge in [0.2, 0.25) is 5.91 Å². The number of hydrogen-bond acceptors (Lipinski definition) is 5. The summed E-state index contributed by atoms with van der Waals surface area (Å²) in [5.74, 6) is -1.71. The summed E-state index contributed by atoms with van der Waals surface area (Å²) in [6.45, 7) is 2.42. The fourth-order valence-corrected chi connectivity index (χ4v) is 3.62. The minimum absolute atomic E-state index is 0.00973. The molecule has 0 atom stereocenters. The van der Waals surface area contributed by atoms with E-state index in [1.807, 2.05) is 6.07 Å². The Morgan fingerprint density at radius 1 is 1.14 bits per heavy atom. The number of ether oxygens (including phenoxy) is 1. The fraction of sp³-hybridized carbons (Fsp3) is 0.160. The SMILES string of the molecule is Cc1cc(C(=O)NCCN)ccc1NC(=O)Cc1ccc(Cl)c(Oc2cc(Cl)cc(C#N)c2)c1F. The third-order valence-corrected chi connectivity index (χ3v) is 5.41. The topological polar surface area (TPSA) is 117 Å². The van der Waals surface area contributed by atoms with Crippen LogP contribution < -0.4 is 21.1 Å². The Bertz CT molecular complexity index is 1320. The van der Waals surface area contributed by atoms with Gasteiger partial charge < -0.3 is 21.1 Å². The Morgan fingerprint density at radius 2 is 1.91 bits per heavy atom. The zero-order valence-electron chi connectivity index (χ0n) is 18.6. The normalized spacial score (nSPS) is 10.4. The lowest BCUT2D eigenvalue weighted by Crippen LogP contribution is -2.29. The molecular weight excluding hydrogens is 494 g/mol. The number of nitrogens with one attached hydrogen (secondary N) is 2. The fourth-order valence-electron chi connectivity index (χ4n) is 3.21. The van der Waals surface area contributed by atoms with E-state index < -0.39 is 11.7 Å². The highest BCUT2D eigenvalue weighted by atomic mass is 35.5. The quantitative estimate of drug-likeness (QED) is 0.392. The number of aryl methyl sites for hydroxylation is 1. The average molecular weight is 515 g/mol. The zero-order valence-corrected chi connectivity index (χ0v) is 20.1. The lowest BCUT2D eigenvalue weighted by Gasteiger charge is -2.13. The average Bonchev–Trinajstić information content (AvgIpc) is 2.82. The van der Waals surface area contributed by atoms with E-state index in [4.69, 9.17) is 38.9 Å². The summed E-state index contributed by atoms with van der Waals surface area (Å²) in [5, 5.41) is 14.7. The number of nitriles is 1. The molecule has 0 fully saturated rings. The molecule has 2 amide bonds. The number of carbonyl (C=O) groups excluding carboxylic acids is 2. The third-order valence-electron chi connectivity index (χ3n) is 4.89. The highest BCUT2D eigenvalue weighted by Gasteiger charge is 2.18. The van der Waals surface area contributed by atoms with Crippen LogP contribution in [0.15, 0.2) is 48.5 Å². The Morgan fingerprint density at radius 3 is 2.60 bits per heavy atom. The lowest BCUT2D eigenvalue weighted by atomic mass is 10.1. The molecule has 3 aromatic rings. The number of nitrogens with two attached hydrogens (primary N) is 1. The van der Waals surface area contributed by atoms with Gasteiger partial charge in [0.25, 0.3) is 5.91 Å². The number of halogens is 3. The molecule has 10 heteroatoms. The van der Waals surface area contributed by atoms with E-state index in [0.717, 1.165) is 0 Å². The van der Waals surface area contributed by atoms with Crippen LogP contribution in [0.25, 0.3) is 0 Å². The largest absolute Gasteiger partial charge is 0.453 e. The van der Waals surface area contributed by atoms with Crippen molar-refractivity contribution in [2.45, 2.75) is 13.3 Å². The molecule has 0 bridgehead atoms. The van der Waals surface area contributed by atoms with E-state index >= 15 is 4.39 Å². The van der Waals surface area contributed by atoms with Crippen LogP contribution in [0, 0.1) is 24.1 Å². The highest BCUT2D eigenvalue weighted by Crippen LogP contribution is 2.35. The van der Waals surface area contributed by atoms with Gasteiger partial charge in [0, 0.05) is 34.9 Å². The standard InChI is InChI=1S/C25H21Cl2FN4O3/c1-14-8-17(25(34)31-7-6-29)3-5-21(14)32-22(33)11-16-2-4-20(27)24(23(16)28)35-19-10-15(13-30)9-18(26)12-19/h2-5,8-10,12H,6-7,11,29H2,1H3,(H,31,34)(H,32,33). The molecule has 0 saturated carbocycles. The second-order valence-corrected chi connectivity index (χ2v) is 8.38. The lowest BCUT2D eigenvalue weighted by molar-refractivity contribution is -0.115. The molecular formula is C25H21Cl2FN4O3. The number of benzene rings is 3. The Balaban J connectivity index is 1.75. The van der Waals surface area contributed by atoms with Gasteiger partial charge in [0.05, 0.1) is 23.1 Å². The summed E-state index contributed by atoms with van der Waals surface area (Å²) in [5.41, 5.74) is 7.26. The molecule has 0 saturated heterocycles. The second kappa shape index (κ2) is 11.7. The van der Waals surface area contributed by atoms with Gasteiger partial charge in [-0.25, -0.2) is 4.39 Å². The molecule has 0 aliphatic heterocycles. The van der Waals surface area contributed by atoms with Crippen molar-refractivity contribution in [1.82, 2.24) is 5.32 Å². The second-order valence-electron chi connectivity index (χ2n) is 7.54. The molecule has 7 nitrogen and oxygen atoms in total. The Labute approximate surface area is 211 Å². The van der Waals surface area contributed by atoms with Crippen LogP contribution in [0.5, 0.6) is 11.5 Å². The third kappa shape index (κ3) is 6.70. The first kappa shape index (κ1) is 26.0. The first-order valence-electron chi connectivity index (χ1n) is 10.5. The van der Waals surface area contributed by atoms with Gasteiger partial charge in [0.1, 0.15) is 5.75 Å². The molecule has 3 aromatic carbocycles. The molecule has 0 aromatic heterocycles. The van der Waals surface area contributed by atoms with Crippen LogP contribution in [0.4, 0.5) is 10.1 Å². The Hall–Kier alpha value is -3.64. The first-order chi connectivity index (χ1) is 16.7. The Kier molecular flexibility index (Phi) is 8.66. The van der Waals surface area contributed by atoms with Gasteiger partial charge in [-0.15, -0.1) is 0 Å². The van der Waals surface area contributed by atoms with Crippen molar-refractivity contribution in [3.63, 3.8) is 0 Å². The summed E-state index contributed by atoms with van der Waals surface area (Å²) in [6, 6.07) is 13.8. The number of nitrogens with zero attached hydrogens (tertiary/aromatic N) is 1. The first-order valence-corrected chi connectivity index (χ1v) is 11.2. The molecule has 0 heterocycles. The van der Waals surface area contributed by atoms with Gasteiger partial charge in [-0.3, -0.25) is 9.59 Å². The smallest absolute Gasteiger partial charge is 0.251 e. The maximum absolute atomic E-state index is 15.2. The van der Waals surface area contributed by atoms with E-state index in [0.29, 0.717) is 29.9 Å². The van der Waals surface area contributed by atoms with Crippen molar-refractivity contribution >= 4 is 40.7 Å². The van der Waals surface area contributed by atoms with Crippen LogP contribution in [-0.2, 0) is 11.2 Å². The van der Waals surface area contributed by atoms with E-state index in [2.05, 4.69) is 10.6 Å². The number of carbonyl (C=O) groups is 2. The van der Waals surface area contributed by atoms with Crippen LogP contribution in [-0.4, -0.2) is 24.9 Å². The predicted molar refractivity (Wildman–Crippen MR) is 133 cm³/mol. The maximum Gasteiger partial charge on any atom is 0.251 e. The number of hydrogen-bond donors (Lipinski definition) is 3. The number of amides is 2. The highest BCUT2D eigenvalue weighted by molar-refractivity contribution is 6.32. The summed E-state index contributed by atoms with van der Waals surface area (Å²) >= 11 is 12.1. The van der Waals surface area contributed by atoms with Crippen molar-refractivity contribution in [2.24, 2.45) is 5.73 Å². The summed E-state index contributed by atoms with van der Waals surface area (Å²) in [6.07, 6.45) is -0.295. The minimum atomic E-state index is -0.810. The van der Waals surface area contributed by atoms with Gasteiger partial charge >= 0.3 is 0 Å². The van der Waals surface area contributed by atoms with E-state index in [1.54, 1.807) is 25.1 Å². The molecule has 0 unspecified atom stereocenters. The molecule has 0 aliphatic carbocycles. The van der Waals surface area contributed by atoms with Gasteiger partial charge in [-0.1, -0.05) is 29.3 Å². The number of rotatable bonds is 8. The van der Waals surface area contributed by atoms with Crippen molar-refractivity contribution in [2.75, 3.05) is 18.4 Å². The molecule has 4 N–H and O–H groups in total. The van der Waals surface area contributed by atoms with Crippen LogP contribution in [0.2, 0.25) is 10.0 Å². The monoisotopic (exact) mass is 514 g/mol. The van der Waals surface area contributed by atoms with Gasteiger partial charge in [0.15, 0.2) is 11.6 Å².